The van der Waals surface area contributed by atoms with E-state index in [0.29, 0.717) is 0 Å². The van der Waals surface area contributed by atoms with Crippen LogP contribution in [0.25, 0.3) is 0 Å². The first-order valence-corrected chi connectivity index (χ1v) is 8.66. The van der Waals surface area contributed by atoms with Crippen LogP contribution in [0.4, 0.5) is 0 Å². The van der Waals surface area contributed by atoms with Gasteiger partial charge in [-0.3, -0.25) is 14.6 Å². The summed E-state index contributed by atoms with van der Waals surface area (Å²) in [6.45, 7) is 12.0. The Bertz CT molecular complexity index is 361. The van der Waals surface area contributed by atoms with Gasteiger partial charge in [-0.1, -0.05) is 6.08 Å². The lowest BCUT2D eigenvalue weighted by Gasteiger charge is -2.39. The zero-order valence-electron chi connectivity index (χ0n) is 13.9. The van der Waals surface area contributed by atoms with Crippen LogP contribution in [-0.4, -0.2) is 83.7 Å². The number of nitrogens with zero attached hydrogens (tertiary/aromatic N) is 3. The summed E-state index contributed by atoms with van der Waals surface area (Å²) in [6, 6.07) is -0.00839. The maximum atomic E-state index is 12.4. The first-order valence-electron chi connectivity index (χ1n) is 8.66. The van der Waals surface area contributed by atoms with Crippen LogP contribution in [-0.2, 0) is 4.79 Å². The number of rotatable bonds is 7. The molecule has 2 aliphatic heterocycles. The zero-order chi connectivity index (χ0) is 15.9. The summed E-state index contributed by atoms with van der Waals surface area (Å²) in [6.07, 6.45) is 5.53. The van der Waals surface area contributed by atoms with E-state index in [4.69, 9.17) is 0 Å². The second-order valence-electron chi connectivity index (χ2n) is 6.56. The average Bonchev–Trinajstić information content (AvgIpc) is 3.06. The SMILES string of the molecule is C=CCCC(O)CN1CCN(C(C)C(=O)N2CCCC2)CC1. The summed E-state index contributed by atoms with van der Waals surface area (Å²) in [5.41, 5.74) is 0. The van der Waals surface area contributed by atoms with Gasteiger partial charge in [-0.2, -0.15) is 0 Å². The van der Waals surface area contributed by atoms with Crippen molar-refractivity contribution in [3.63, 3.8) is 0 Å². The highest BCUT2D eigenvalue weighted by Gasteiger charge is 2.30. The van der Waals surface area contributed by atoms with Gasteiger partial charge < -0.3 is 10.0 Å². The topological polar surface area (TPSA) is 47.0 Å². The van der Waals surface area contributed by atoms with Crippen molar-refractivity contribution in [1.29, 1.82) is 0 Å². The first-order chi connectivity index (χ1) is 10.6. The minimum Gasteiger partial charge on any atom is -0.392 e. The fourth-order valence-electron chi connectivity index (χ4n) is 3.39. The Morgan fingerprint density at radius 3 is 2.41 bits per heavy atom. The predicted molar refractivity (Wildman–Crippen MR) is 88.7 cm³/mol. The molecule has 0 aromatic rings. The van der Waals surface area contributed by atoms with Crippen LogP contribution in [0.3, 0.4) is 0 Å². The van der Waals surface area contributed by atoms with E-state index in [1.165, 1.54) is 0 Å². The molecule has 0 spiro atoms. The van der Waals surface area contributed by atoms with Crippen molar-refractivity contribution in [2.45, 2.75) is 44.8 Å². The van der Waals surface area contributed by atoms with Crippen molar-refractivity contribution in [3.05, 3.63) is 12.7 Å². The van der Waals surface area contributed by atoms with Gasteiger partial charge in [-0.05, 0) is 32.6 Å². The number of amides is 1. The van der Waals surface area contributed by atoms with E-state index in [1.807, 2.05) is 17.9 Å². The first kappa shape index (κ1) is 17.4. The molecule has 2 rings (SSSR count). The molecule has 5 heteroatoms. The summed E-state index contributed by atoms with van der Waals surface area (Å²) in [5.74, 6) is 0.289. The van der Waals surface area contributed by atoms with Crippen LogP contribution in [0.15, 0.2) is 12.7 Å². The molecule has 2 aliphatic rings. The third-order valence-electron chi connectivity index (χ3n) is 4.90. The van der Waals surface area contributed by atoms with Crippen LogP contribution >= 0.6 is 0 Å². The van der Waals surface area contributed by atoms with Gasteiger partial charge in [0.05, 0.1) is 12.1 Å². The number of likely N-dealkylation sites (tertiary alicyclic amines) is 1. The minimum absolute atomic E-state index is 0.00839. The molecule has 0 saturated carbocycles. The molecule has 2 atom stereocenters. The molecule has 5 nitrogen and oxygen atoms in total. The van der Waals surface area contributed by atoms with Crippen molar-refractivity contribution < 1.29 is 9.90 Å². The lowest BCUT2D eigenvalue weighted by atomic mass is 10.1. The summed E-state index contributed by atoms with van der Waals surface area (Å²) in [7, 11) is 0. The molecule has 2 saturated heterocycles. The molecule has 0 radical (unpaired) electrons. The third kappa shape index (κ3) is 4.80. The fraction of sp³-hybridized carbons (Fsp3) is 0.824. The Kier molecular flexibility index (Phi) is 6.86. The smallest absolute Gasteiger partial charge is 0.239 e. The summed E-state index contributed by atoms with van der Waals surface area (Å²) in [5, 5.41) is 9.98. The molecular weight excluding hydrogens is 278 g/mol. The predicted octanol–water partition coefficient (Wildman–Crippen LogP) is 0.942. The molecular formula is C17H31N3O2. The Balaban J connectivity index is 1.71. The van der Waals surface area contributed by atoms with Crippen LogP contribution in [0, 0.1) is 0 Å². The van der Waals surface area contributed by atoms with Gasteiger partial charge in [0.2, 0.25) is 5.91 Å². The lowest BCUT2D eigenvalue weighted by Crippen LogP contribution is -2.55. The summed E-state index contributed by atoms with van der Waals surface area (Å²) in [4.78, 5) is 19.0. The number of piperazine rings is 1. The van der Waals surface area contributed by atoms with Gasteiger partial charge in [-0.15, -0.1) is 6.58 Å². The quantitative estimate of drug-likeness (QED) is 0.711. The number of allylic oxidation sites excluding steroid dienone is 1. The average molecular weight is 309 g/mol. The Morgan fingerprint density at radius 2 is 1.82 bits per heavy atom. The molecule has 1 amide bonds. The van der Waals surface area contributed by atoms with E-state index < -0.39 is 0 Å². The van der Waals surface area contributed by atoms with Crippen LogP contribution in [0.2, 0.25) is 0 Å². The molecule has 0 aromatic heterocycles. The molecule has 2 heterocycles. The molecule has 2 unspecified atom stereocenters. The normalized spacial score (nSPS) is 23.5. The number of aliphatic hydroxyl groups excluding tert-OH is 1. The van der Waals surface area contributed by atoms with Gasteiger partial charge in [-0.25, -0.2) is 0 Å². The largest absolute Gasteiger partial charge is 0.392 e. The highest BCUT2D eigenvalue weighted by atomic mass is 16.3. The molecule has 2 fully saturated rings. The zero-order valence-corrected chi connectivity index (χ0v) is 13.9. The lowest BCUT2D eigenvalue weighted by molar-refractivity contribution is -0.136. The third-order valence-corrected chi connectivity index (χ3v) is 4.90. The molecule has 126 valence electrons. The number of carbonyl (C=O) groups excluding carboxylic acids is 1. The Labute approximate surface area is 134 Å². The van der Waals surface area contributed by atoms with Gasteiger partial charge in [0.25, 0.3) is 0 Å². The van der Waals surface area contributed by atoms with Crippen molar-refractivity contribution in [2.24, 2.45) is 0 Å². The molecule has 0 aliphatic carbocycles. The highest BCUT2D eigenvalue weighted by Crippen LogP contribution is 2.14. The van der Waals surface area contributed by atoms with Crippen LogP contribution in [0.1, 0.15) is 32.6 Å². The van der Waals surface area contributed by atoms with E-state index >= 15 is 0 Å². The van der Waals surface area contributed by atoms with E-state index in [0.717, 1.165) is 71.5 Å². The standard InChI is InChI=1S/C17H31N3O2/c1-3-4-7-16(21)14-18-10-12-19(13-11-18)15(2)17(22)20-8-5-6-9-20/h3,15-16,21H,1,4-14H2,2H3. The maximum Gasteiger partial charge on any atom is 0.239 e. The van der Waals surface area contributed by atoms with Gasteiger partial charge in [0.1, 0.15) is 0 Å². The fourth-order valence-corrected chi connectivity index (χ4v) is 3.39. The van der Waals surface area contributed by atoms with Crippen LogP contribution < -0.4 is 0 Å². The van der Waals surface area contributed by atoms with E-state index in [-0.39, 0.29) is 18.1 Å². The van der Waals surface area contributed by atoms with Crippen molar-refractivity contribution in [2.75, 3.05) is 45.8 Å². The molecule has 1 N–H and O–H groups in total. The van der Waals surface area contributed by atoms with Gasteiger partial charge >= 0.3 is 0 Å². The molecule has 0 bridgehead atoms. The number of hydrogen-bond acceptors (Lipinski definition) is 4. The number of aliphatic hydroxyl groups is 1. The number of β-amino-alcohol motifs (C(OH)–C–C–N with tert-alkyl or cyclic N) is 1. The monoisotopic (exact) mass is 309 g/mol. The number of hydrogen-bond donors (Lipinski definition) is 1. The van der Waals surface area contributed by atoms with E-state index in [1.54, 1.807) is 0 Å². The van der Waals surface area contributed by atoms with E-state index in [2.05, 4.69) is 16.4 Å². The second kappa shape index (κ2) is 8.65. The van der Waals surface area contributed by atoms with Crippen molar-refractivity contribution in [1.82, 2.24) is 14.7 Å². The maximum absolute atomic E-state index is 12.4. The summed E-state index contributed by atoms with van der Waals surface area (Å²) < 4.78 is 0. The summed E-state index contributed by atoms with van der Waals surface area (Å²) >= 11 is 0. The van der Waals surface area contributed by atoms with Gasteiger partial charge in [0.15, 0.2) is 0 Å². The van der Waals surface area contributed by atoms with Crippen LogP contribution in [0.5, 0.6) is 0 Å². The Morgan fingerprint density at radius 1 is 1.18 bits per heavy atom. The van der Waals surface area contributed by atoms with Gasteiger partial charge in [0, 0.05) is 45.8 Å². The molecule has 22 heavy (non-hydrogen) atoms. The molecule has 0 aromatic carbocycles. The highest BCUT2D eigenvalue weighted by molar-refractivity contribution is 5.81. The van der Waals surface area contributed by atoms with Crippen molar-refractivity contribution in [3.8, 4) is 0 Å². The second-order valence-corrected chi connectivity index (χ2v) is 6.56. The van der Waals surface area contributed by atoms with Crippen molar-refractivity contribution >= 4 is 5.91 Å². The minimum atomic E-state index is -0.270. The van der Waals surface area contributed by atoms with E-state index in [9.17, 15) is 9.90 Å². The number of carbonyl (C=O) groups is 1. The Hall–Kier alpha value is -0.910.